The molecule has 0 saturated heterocycles. The van der Waals surface area contributed by atoms with Crippen LogP contribution in [0.3, 0.4) is 0 Å². The van der Waals surface area contributed by atoms with Crippen molar-refractivity contribution in [1.29, 1.82) is 0 Å². The minimum atomic E-state index is -0.759. The number of primary amides is 1. The van der Waals surface area contributed by atoms with Gasteiger partial charge >= 0.3 is 11.4 Å². The fraction of sp³-hybridized carbons (Fsp3) is 0.314. The molecule has 2 heterocycles. The Labute approximate surface area is 333 Å². The molecular formula is C35H48N11O8Pd-. The molecule has 0 aliphatic rings. The van der Waals surface area contributed by atoms with Crippen molar-refractivity contribution in [3.8, 4) is 40.0 Å². The number of hydrogen-bond acceptors (Lipinski definition) is 14. The van der Waals surface area contributed by atoms with Crippen molar-refractivity contribution < 1.29 is 49.3 Å². The second-order valence-electron chi connectivity index (χ2n) is 12.1. The number of nitro benzene ring substituents is 2. The number of methoxy groups -OCH3 is 3. The molecule has 55 heavy (non-hydrogen) atoms. The van der Waals surface area contributed by atoms with E-state index >= 15 is 0 Å². The van der Waals surface area contributed by atoms with Crippen LogP contribution in [0.1, 0.15) is 42.8 Å². The number of carbonyl (C=O) groups excluding carboxylic acids is 1. The number of rotatable bonds is 8. The summed E-state index contributed by atoms with van der Waals surface area (Å²) in [5.41, 5.74) is 12.6. The van der Waals surface area contributed by atoms with E-state index in [1.165, 1.54) is 38.5 Å². The van der Waals surface area contributed by atoms with Gasteiger partial charge in [0.25, 0.3) is 5.91 Å². The number of aromatic amines is 2. The molecule has 1 amide bonds. The Balaban J connectivity index is 0.000000724. The van der Waals surface area contributed by atoms with E-state index in [0.717, 1.165) is 11.4 Å². The molecule has 0 aliphatic carbocycles. The average Bonchev–Trinajstić information content (AvgIpc) is 3.75. The third-order valence-electron chi connectivity index (χ3n) is 7.32. The number of nitro groups is 2. The summed E-state index contributed by atoms with van der Waals surface area (Å²) in [5, 5.41) is 34.9. The van der Waals surface area contributed by atoms with Gasteiger partial charge in [-0.05, 0) is 73.0 Å². The Morgan fingerprint density at radius 3 is 1.47 bits per heavy atom. The number of carbonyl (C=O) groups is 1. The topological polar surface area (TPSA) is 269 Å². The number of hydrogen-bond donors (Lipinski definition) is 4. The summed E-state index contributed by atoms with van der Waals surface area (Å²) < 4.78 is 15.0. The first-order valence-electron chi connectivity index (χ1n) is 15.7. The summed E-state index contributed by atoms with van der Waals surface area (Å²) in [7, 11) is 8.37. The standard InChI is InChI=1S/C10H10N4O3.C10H12N4O.C8H8N2O4.C6H15N.CH3.Pd/c1-6-11-10(13-12-6)7-4-3-5-8(14(15)16)9(7)17-2;1-6-12-10(14-13-6)7-4-3-5-8(11)9(7)15-2;1-14-7-5(8(9)11)3-2-4-6(7)10(12)13;1-6(2,3)7(4)5;;/h3-5H,1-2H3,(H,11,12,13);3-5H,11H2,1-2H3,(H,12,13,14);2-4H,1H3,(H2,9,11);1-5H3;1H3;/q;;;;-1;. The molecule has 0 atom stereocenters. The first-order valence-corrected chi connectivity index (χ1v) is 15.7. The summed E-state index contributed by atoms with van der Waals surface area (Å²) in [6.45, 7) is 10.2. The van der Waals surface area contributed by atoms with E-state index in [1.54, 1.807) is 32.2 Å². The number of para-hydroxylation sites is 3. The molecule has 0 spiro atoms. The molecule has 19 nitrogen and oxygen atoms in total. The van der Waals surface area contributed by atoms with Gasteiger partial charge in [-0.1, -0.05) is 18.2 Å². The number of H-pyrrole nitrogens is 2. The second kappa shape index (κ2) is 22.3. The number of nitrogen functional groups attached to an aromatic ring is 1. The molecule has 302 valence electrons. The number of nitrogens with one attached hydrogen (secondary N) is 2. The van der Waals surface area contributed by atoms with Gasteiger partial charge in [-0.2, -0.15) is 10.2 Å². The molecule has 6 N–H and O–H groups in total. The largest absolute Gasteiger partial charge is 0.494 e. The molecule has 0 aliphatic heterocycles. The summed E-state index contributed by atoms with van der Waals surface area (Å²) >= 11 is 0. The van der Waals surface area contributed by atoms with Gasteiger partial charge in [0, 0.05) is 38.1 Å². The van der Waals surface area contributed by atoms with Crippen LogP contribution in [-0.2, 0) is 20.4 Å². The number of amides is 1. The van der Waals surface area contributed by atoms with Crippen molar-refractivity contribution in [1.82, 2.24) is 35.3 Å². The van der Waals surface area contributed by atoms with Crippen LogP contribution in [0.5, 0.6) is 17.2 Å². The van der Waals surface area contributed by atoms with E-state index in [9.17, 15) is 25.0 Å². The smallest absolute Gasteiger partial charge is 0.311 e. The normalized spacial score (nSPS) is 10.0. The maximum atomic E-state index is 10.9. The van der Waals surface area contributed by atoms with Gasteiger partial charge in [0.15, 0.2) is 17.4 Å². The SMILES string of the molecule is CN(C)C(C)(C)C.COc1c(-c2n[nH]c(C)n2)cccc1[N+](=O)[O-].COc1c(C(N)=O)cccc1[N+](=O)[O-].COc1c(N)cccc1-c1n[nH]c(C)n1.[CH3-].[Pd]. The number of ether oxygens (including phenoxy) is 3. The first-order chi connectivity index (χ1) is 24.9. The zero-order valence-corrected chi connectivity index (χ0v) is 34.1. The number of aryl methyl sites for hydroxylation is 2. The third kappa shape index (κ3) is 13.8. The van der Waals surface area contributed by atoms with Crippen LogP contribution in [0.25, 0.3) is 22.8 Å². The zero-order chi connectivity index (χ0) is 40.0. The third-order valence-corrected chi connectivity index (χ3v) is 7.32. The van der Waals surface area contributed by atoms with Crippen LogP contribution < -0.4 is 25.7 Å². The molecule has 2 aromatic heterocycles. The van der Waals surface area contributed by atoms with Crippen LogP contribution in [0.15, 0.2) is 54.6 Å². The fourth-order valence-corrected chi connectivity index (χ4v) is 4.02. The van der Waals surface area contributed by atoms with Crippen molar-refractivity contribution in [3.63, 3.8) is 0 Å². The van der Waals surface area contributed by atoms with Crippen molar-refractivity contribution in [3.05, 3.63) is 99.5 Å². The van der Waals surface area contributed by atoms with Gasteiger partial charge in [0.1, 0.15) is 11.6 Å². The van der Waals surface area contributed by atoms with E-state index in [2.05, 4.69) is 70.1 Å². The minimum absolute atomic E-state index is 0. The molecule has 20 heteroatoms. The van der Waals surface area contributed by atoms with Gasteiger partial charge in [-0.15, -0.1) is 0 Å². The van der Waals surface area contributed by atoms with Crippen LogP contribution >= 0.6 is 0 Å². The molecule has 5 rings (SSSR count). The number of nitrogens with two attached hydrogens (primary N) is 2. The Morgan fingerprint density at radius 1 is 0.745 bits per heavy atom. The van der Waals surface area contributed by atoms with Crippen LogP contribution in [-0.4, -0.2) is 92.0 Å². The first kappa shape index (κ1) is 49.0. The molecule has 0 bridgehead atoms. The number of aromatic nitrogens is 6. The maximum absolute atomic E-state index is 10.9. The summed E-state index contributed by atoms with van der Waals surface area (Å²) in [6.07, 6.45) is 0. The van der Waals surface area contributed by atoms with E-state index < -0.39 is 15.8 Å². The van der Waals surface area contributed by atoms with Gasteiger partial charge in [0.2, 0.25) is 11.5 Å². The van der Waals surface area contributed by atoms with E-state index in [4.69, 9.17) is 25.7 Å². The van der Waals surface area contributed by atoms with E-state index in [1.807, 2.05) is 19.1 Å². The summed E-state index contributed by atoms with van der Waals surface area (Å²) in [5.74, 6) is 2.27. The Hall–Kier alpha value is -5.97. The molecule has 0 unspecified atom stereocenters. The molecule has 3 aromatic carbocycles. The molecule has 0 fully saturated rings. The van der Waals surface area contributed by atoms with Crippen LogP contribution in [0.2, 0.25) is 0 Å². The molecule has 0 saturated carbocycles. The van der Waals surface area contributed by atoms with Gasteiger partial charge < -0.3 is 38.0 Å². The monoisotopic (exact) mass is 856 g/mol. The zero-order valence-electron chi connectivity index (χ0n) is 32.6. The van der Waals surface area contributed by atoms with Gasteiger partial charge in [0.05, 0.1) is 53.6 Å². The predicted molar refractivity (Wildman–Crippen MR) is 205 cm³/mol. The van der Waals surface area contributed by atoms with Gasteiger partial charge in [-0.3, -0.25) is 35.2 Å². The number of benzene rings is 3. The maximum Gasteiger partial charge on any atom is 0.311 e. The second-order valence-corrected chi connectivity index (χ2v) is 12.1. The van der Waals surface area contributed by atoms with Crippen molar-refractivity contribution in [2.45, 2.75) is 40.2 Å². The Bertz CT molecular complexity index is 1980. The van der Waals surface area contributed by atoms with Crippen molar-refractivity contribution in [2.24, 2.45) is 5.73 Å². The summed E-state index contributed by atoms with van der Waals surface area (Å²) in [4.78, 5) is 41.7. The van der Waals surface area contributed by atoms with E-state index in [-0.39, 0.29) is 56.3 Å². The Morgan fingerprint density at radius 2 is 1.13 bits per heavy atom. The number of nitrogens with zero attached hydrogens (tertiary/aromatic N) is 7. The molecular weight excluding hydrogens is 809 g/mol. The number of anilines is 1. The molecule has 5 aromatic rings. The van der Waals surface area contributed by atoms with E-state index in [0.29, 0.717) is 40.0 Å². The average molecular weight is 857 g/mol. The van der Waals surface area contributed by atoms with Crippen molar-refractivity contribution >= 4 is 23.0 Å². The quantitative estimate of drug-likeness (QED) is 0.0489. The predicted octanol–water partition coefficient (Wildman–Crippen LogP) is 5.56. The van der Waals surface area contributed by atoms with Gasteiger partial charge in [-0.25, -0.2) is 9.97 Å². The Kier molecular flexibility index (Phi) is 19.9. The fourth-order valence-electron chi connectivity index (χ4n) is 4.02. The summed E-state index contributed by atoms with van der Waals surface area (Å²) in [6, 6.07) is 14.1. The minimum Gasteiger partial charge on any atom is -0.494 e. The van der Waals surface area contributed by atoms with Crippen LogP contribution in [0.4, 0.5) is 17.1 Å². The van der Waals surface area contributed by atoms with Crippen molar-refractivity contribution in [2.75, 3.05) is 41.2 Å². The van der Waals surface area contributed by atoms with Crippen LogP contribution in [0, 0.1) is 41.5 Å². The molecule has 0 radical (unpaired) electrons.